The highest BCUT2D eigenvalue weighted by molar-refractivity contribution is 5.94. The molecular formula is C19H17N3O4. The van der Waals surface area contributed by atoms with Crippen molar-refractivity contribution in [1.82, 2.24) is 15.3 Å². The Labute approximate surface area is 150 Å². The molecule has 132 valence electrons. The zero-order valence-electron chi connectivity index (χ0n) is 14.0. The fourth-order valence-corrected chi connectivity index (χ4v) is 2.29. The summed E-state index contributed by atoms with van der Waals surface area (Å²) in [5, 5.41) is 12.4. The summed E-state index contributed by atoms with van der Waals surface area (Å²) >= 11 is 0. The lowest BCUT2D eigenvalue weighted by atomic mass is 10.2. The lowest BCUT2D eigenvalue weighted by Gasteiger charge is -2.13. The lowest BCUT2D eigenvalue weighted by Crippen LogP contribution is -2.24. The maximum Gasteiger partial charge on any atom is 0.274 e. The number of carbonyl (C=O) groups is 1. The summed E-state index contributed by atoms with van der Waals surface area (Å²) in [6.45, 7) is 0.160. The van der Waals surface area contributed by atoms with Crippen LogP contribution >= 0.6 is 0 Å². The van der Waals surface area contributed by atoms with Gasteiger partial charge in [0.25, 0.3) is 5.91 Å². The van der Waals surface area contributed by atoms with Crippen molar-refractivity contribution in [2.75, 3.05) is 7.11 Å². The number of nitrogens with one attached hydrogen (secondary N) is 1. The Bertz CT molecular complexity index is 915. The fourth-order valence-electron chi connectivity index (χ4n) is 2.29. The molecule has 0 radical (unpaired) electrons. The van der Waals surface area contributed by atoms with Crippen molar-refractivity contribution < 1.29 is 19.4 Å². The molecule has 7 heteroatoms. The monoisotopic (exact) mass is 351 g/mol. The van der Waals surface area contributed by atoms with Gasteiger partial charge in [-0.05, 0) is 30.3 Å². The highest BCUT2D eigenvalue weighted by atomic mass is 16.5. The van der Waals surface area contributed by atoms with E-state index in [4.69, 9.17) is 9.47 Å². The summed E-state index contributed by atoms with van der Waals surface area (Å²) < 4.78 is 11.1. The Morgan fingerprint density at radius 1 is 1.04 bits per heavy atom. The molecule has 0 bridgehead atoms. The van der Waals surface area contributed by atoms with E-state index in [1.165, 1.54) is 12.3 Å². The van der Waals surface area contributed by atoms with Crippen LogP contribution in [-0.2, 0) is 6.54 Å². The first-order chi connectivity index (χ1) is 12.7. The number of hydrogen-bond donors (Lipinski definition) is 2. The van der Waals surface area contributed by atoms with E-state index < -0.39 is 5.91 Å². The van der Waals surface area contributed by atoms with E-state index in [0.717, 1.165) is 0 Å². The van der Waals surface area contributed by atoms with E-state index >= 15 is 0 Å². The minimum Gasteiger partial charge on any atom is -0.505 e. The highest BCUT2D eigenvalue weighted by Crippen LogP contribution is 2.31. The molecule has 0 spiro atoms. The largest absolute Gasteiger partial charge is 0.505 e. The molecule has 0 atom stereocenters. The van der Waals surface area contributed by atoms with Gasteiger partial charge in [0.15, 0.2) is 17.2 Å². The second kappa shape index (κ2) is 7.98. The lowest BCUT2D eigenvalue weighted by molar-refractivity contribution is 0.0942. The van der Waals surface area contributed by atoms with Crippen LogP contribution < -0.4 is 14.8 Å². The van der Waals surface area contributed by atoms with Crippen molar-refractivity contribution >= 4 is 5.91 Å². The fraction of sp³-hybridized carbons (Fsp3) is 0.105. The molecule has 3 rings (SSSR count). The molecule has 7 nitrogen and oxygen atoms in total. The van der Waals surface area contributed by atoms with Gasteiger partial charge in [0, 0.05) is 24.5 Å². The van der Waals surface area contributed by atoms with Crippen molar-refractivity contribution in [3.8, 4) is 23.1 Å². The second-order valence-electron chi connectivity index (χ2n) is 5.27. The van der Waals surface area contributed by atoms with E-state index in [1.807, 2.05) is 12.1 Å². The molecule has 0 saturated carbocycles. The van der Waals surface area contributed by atoms with Crippen LogP contribution in [0.15, 0.2) is 60.9 Å². The van der Waals surface area contributed by atoms with Gasteiger partial charge in [0.1, 0.15) is 5.75 Å². The predicted molar refractivity (Wildman–Crippen MR) is 94.4 cm³/mol. The normalized spacial score (nSPS) is 10.2. The summed E-state index contributed by atoms with van der Waals surface area (Å²) in [5.41, 5.74) is 0.630. The van der Waals surface area contributed by atoms with Crippen LogP contribution in [0.3, 0.4) is 0 Å². The first kappa shape index (κ1) is 17.2. The molecule has 0 aliphatic carbocycles. The van der Waals surface area contributed by atoms with E-state index in [0.29, 0.717) is 22.9 Å². The molecular weight excluding hydrogens is 334 g/mol. The summed E-state index contributed by atoms with van der Waals surface area (Å²) in [4.78, 5) is 20.3. The number of amides is 1. The third-order valence-corrected chi connectivity index (χ3v) is 3.57. The SMILES string of the molecule is COc1ccccc1Oc1ncccc1CNC(=O)c1ncccc1O. The van der Waals surface area contributed by atoms with Gasteiger partial charge in [-0.3, -0.25) is 4.79 Å². The molecule has 2 heterocycles. The van der Waals surface area contributed by atoms with Gasteiger partial charge in [0.2, 0.25) is 5.88 Å². The minimum absolute atomic E-state index is 0.0383. The molecule has 0 unspecified atom stereocenters. The van der Waals surface area contributed by atoms with E-state index in [9.17, 15) is 9.90 Å². The number of pyridine rings is 2. The van der Waals surface area contributed by atoms with Crippen molar-refractivity contribution in [2.45, 2.75) is 6.54 Å². The van der Waals surface area contributed by atoms with Crippen LogP contribution in [-0.4, -0.2) is 28.1 Å². The molecule has 2 N–H and O–H groups in total. The summed E-state index contributed by atoms with van der Waals surface area (Å²) in [6, 6.07) is 13.7. The van der Waals surface area contributed by atoms with Gasteiger partial charge in [0.05, 0.1) is 7.11 Å². The first-order valence-electron chi connectivity index (χ1n) is 7.86. The van der Waals surface area contributed by atoms with Gasteiger partial charge >= 0.3 is 0 Å². The zero-order valence-corrected chi connectivity index (χ0v) is 14.0. The van der Waals surface area contributed by atoms with Crippen LogP contribution in [0.5, 0.6) is 23.1 Å². The Balaban J connectivity index is 1.75. The number of ether oxygens (including phenoxy) is 2. The van der Waals surface area contributed by atoms with Gasteiger partial charge in [-0.1, -0.05) is 18.2 Å². The number of benzene rings is 1. The van der Waals surface area contributed by atoms with Gasteiger partial charge in [-0.2, -0.15) is 0 Å². The third kappa shape index (κ3) is 3.89. The maximum absolute atomic E-state index is 12.2. The smallest absolute Gasteiger partial charge is 0.274 e. The predicted octanol–water partition coefficient (Wildman–Crippen LogP) is 2.91. The van der Waals surface area contributed by atoms with E-state index in [-0.39, 0.29) is 18.0 Å². The summed E-state index contributed by atoms with van der Waals surface area (Å²) in [7, 11) is 1.56. The minimum atomic E-state index is -0.491. The molecule has 2 aromatic heterocycles. The quantitative estimate of drug-likeness (QED) is 0.709. The molecule has 1 aromatic carbocycles. The molecule has 0 aliphatic rings. The van der Waals surface area contributed by atoms with Gasteiger partial charge in [-0.25, -0.2) is 9.97 Å². The molecule has 3 aromatic rings. The number of nitrogens with zero attached hydrogens (tertiary/aromatic N) is 2. The number of para-hydroxylation sites is 2. The van der Waals surface area contributed by atoms with Crippen molar-refractivity contribution in [3.63, 3.8) is 0 Å². The van der Waals surface area contributed by atoms with Crippen molar-refractivity contribution in [2.24, 2.45) is 0 Å². The molecule has 0 aliphatic heterocycles. The van der Waals surface area contributed by atoms with Crippen LogP contribution in [0.2, 0.25) is 0 Å². The number of rotatable bonds is 6. The van der Waals surface area contributed by atoms with Gasteiger partial charge in [-0.15, -0.1) is 0 Å². The van der Waals surface area contributed by atoms with Gasteiger partial charge < -0.3 is 19.9 Å². The first-order valence-corrected chi connectivity index (χ1v) is 7.86. The molecule has 1 amide bonds. The Hall–Kier alpha value is -3.61. The number of methoxy groups -OCH3 is 1. The van der Waals surface area contributed by atoms with Crippen molar-refractivity contribution in [1.29, 1.82) is 0 Å². The van der Waals surface area contributed by atoms with E-state index in [2.05, 4.69) is 15.3 Å². The number of aromatic hydroxyl groups is 1. The van der Waals surface area contributed by atoms with Crippen LogP contribution in [0.4, 0.5) is 0 Å². The molecule has 0 saturated heterocycles. The van der Waals surface area contributed by atoms with Crippen LogP contribution in [0.1, 0.15) is 16.1 Å². The Morgan fingerprint density at radius 2 is 1.77 bits per heavy atom. The molecule has 0 fully saturated rings. The number of carbonyl (C=O) groups excluding carboxylic acids is 1. The summed E-state index contributed by atoms with van der Waals surface area (Å²) in [6.07, 6.45) is 3.04. The second-order valence-corrected chi connectivity index (χ2v) is 5.27. The Kier molecular flexibility index (Phi) is 5.28. The van der Waals surface area contributed by atoms with E-state index in [1.54, 1.807) is 43.6 Å². The van der Waals surface area contributed by atoms with Crippen molar-refractivity contribution in [3.05, 3.63) is 72.2 Å². The third-order valence-electron chi connectivity index (χ3n) is 3.57. The zero-order chi connectivity index (χ0) is 18.4. The highest BCUT2D eigenvalue weighted by Gasteiger charge is 2.14. The Morgan fingerprint density at radius 3 is 2.54 bits per heavy atom. The topological polar surface area (TPSA) is 93.6 Å². The average Bonchev–Trinajstić information content (AvgIpc) is 2.68. The number of aromatic nitrogens is 2. The maximum atomic E-state index is 12.2. The molecule has 26 heavy (non-hydrogen) atoms. The van der Waals surface area contributed by atoms with Crippen LogP contribution in [0.25, 0.3) is 0 Å². The average molecular weight is 351 g/mol. The number of hydrogen-bond acceptors (Lipinski definition) is 6. The standard InChI is InChI=1S/C19H17N3O4/c1-25-15-8-2-3-9-16(15)26-19-13(6-4-11-21-19)12-22-18(24)17-14(23)7-5-10-20-17/h2-11,23H,12H2,1H3,(H,22,24). The van der Waals surface area contributed by atoms with Crippen LogP contribution in [0, 0.1) is 0 Å². The summed E-state index contributed by atoms with van der Waals surface area (Å²) in [5.74, 6) is 0.773.